The molecule has 8 nitrogen and oxygen atoms in total. The zero-order valence-corrected chi connectivity index (χ0v) is 21.6. The smallest absolute Gasteiger partial charge is 0.251 e. The van der Waals surface area contributed by atoms with Crippen LogP contribution in [0.2, 0.25) is 0 Å². The Morgan fingerprint density at radius 1 is 0.925 bits per heavy atom. The predicted molar refractivity (Wildman–Crippen MR) is 142 cm³/mol. The molecule has 1 atom stereocenters. The Labute approximate surface area is 230 Å². The van der Waals surface area contributed by atoms with Crippen LogP contribution in [0, 0.1) is 17.5 Å². The summed E-state index contributed by atoms with van der Waals surface area (Å²) in [7, 11) is 0. The first-order valence-electron chi connectivity index (χ1n) is 12.0. The van der Waals surface area contributed by atoms with Gasteiger partial charge in [-0.1, -0.05) is 36.4 Å². The van der Waals surface area contributed by atoms with Crippen molar-refractivity contribution in [3.8, 4) is 11.4 Å². The highest BCUT2D eigenvalue weighted by Gasteiger charge is 2.34. The molecule has 0 aliphatic heterocycles. The SMILES string of the molecule is O=C(NCc1ccc(F)cc1)[C@H](c1cccs1)N(C(=O)Cn1nnc(-c2ccccc2F)n1)c1cccc(F)c1. The number of carbonyl (C=O) groups excluding carboxylic acids is 2. The summed E-state index contributed by atoms with van der Waals surface area (Å²) in [6, 6.07) is 19.1. The lowest BCUT2D eigenvalue weighted by atomic mass is 10.1. The molecule has 2 amide bonds. The largest absolute Gasteiger partial charge is 0.350 e. The minimum Gasteiger partial charge on any atom is -0.350 e. The highest BCUT2D eigenvalue weighted by molar-refractivity contribution is 7.10. The number of thiophene rings is 1. The zero-order valence-electron chi connectivity index (χ0n) is 20.7. The summed E-state index contributed by atoms with van der Waals surface area (Å²) in [5.74, 6) is -2.76. The van der Waals surface area contributed by atoms with E-state index in [-0.39, 0.29) is 23.6 Å². The molecule has 1 N–H and O–H groups in total. The minimum absolute atomic E-state index is 0.0185. The van der Waals surface area contributed by atoms with Gasteiger partial charge in [-0.2, -0.15) is 4.80 Å². The van der Waals surface area contributed by atoms with Crippen molar-refractivity contribution >= 4 is 28.8 Å². The number of amides is 2. The fourth-order valence-electron chi connectivity index (χ4n) is 4.03. The molecule has 0 saturated carbocycles. The predicted octanol–water partition coefficient (Wildman–Crippen LogP) is 4.91. The second kappa shape index (κ2) is 11.9. The number of benzene rings is 3. The Hall–Kier alpha value is -4.84. The van der Waals surface area contributed by atoms with Crippen LogP contribution < -0.4 is 10.2 Å². The number of anilines is 1. The quantitative estimate of drug-likeness (QED) is 0.276. The Kier molecular flexibility index (Phi) is 7.97. The summed E-state index contributed by atoms with van der Waals surface area (Å²) in [6.07, 6.45) is 0. The molecule has 202 valence electrons. The van der Waals surface area contributed by atoms with Crippen LogP contribution in [0.25, 0.3) is 11.4 Å². The van der Waals surface area contributed by atoms with E-state index < -0.39 is 41.9 Å². The van der Waals surface area contributed by atoms with E-state index in [9.17, 15) is 22.8 Å². The number of aromatic nitrogens is 4. The Morgan fingerprint density at radius 3 is 2.45 bits per heavy atom. The fraction of sp³-hybridized carbons (Fsp3) is 0.107. The zero-order chi connectivity index (χ0) is 28.1. The summed E-state index contributed by atoms with van der Waals surface area (Å²) < 4.78 is 41.8. The van der Waals surface area contributed by atoms with Gasteiger partial charge in [0, 0.05) is 17.1 Å². The second-order valence-corrected chi connectivity index (χ2v) is 9.61. The van der Waals surface area contributed by atoms with Gasteiger partial charge in [0.25, 0.3) is 5.91 Å². The van der Waals surface area contributed by atoms with Crippen LogP contribution in [-0.2, 0) is 22.7 Å². The van der Waals surface area contributed by atoms with E-state index >= 15 is 0 Å². The van der Waals surface area contributed by atoms with Gasteiger partial charge in [-0.3, -0.25) is 14.5 Å². The summed E-state index contributed by atoms with van der Waals surface area (Å²) in [4.78, 5) is 30.1. The van der Waals surface area contributed by atoms with E-state index in [1.165, 1.54) is 76.9 Å². The van der Waals surface area contributed by atoms with Crippen LogP contribution in [0.5, 0.6) is 0 Å². The van der Waals surface area contributed by atoms with E-state index in [1.54, 1.807) is 23.6 Å². The molecule has 0 bridgehead atoms. The highest BCUT2D eigenvalue weighted by Crippen LogP contribution is 2.31. The number of rotatable bonds is 9. The Bertz CT molecular complexity index is 1630. The van der Waals surface area contributed by atoms with Gasteiger partial charge in [-0.15, -0.1) is 21.5 Å². The number of nitrogens with zero attached hydrogens (tertiary/aromatic N) is 5. The normalized spacial score (nSPS) is 11.7. The number of carbonyl (C=O) groups is 2. The first kappa shape index (κ1) is 26.8. The van der Waals surface area contributed by atoms with Crippen LogP contribution in [0.15, 0.2) is 90.3 Å². The lowest BCUT2D eigenvalue weighted by molar-refractivity contribution is -0.127. The van der Waals surface area contributed by atoms with Crippen LogP contribution in [0.1, 0.15) is 16.5 Å². The van der Waals surface area contributed by atoms with E-state index in [4.69, 9.17) is 0 Å². The third kappa shape index (κ3) is 6.07. The summed E-state index contributed by atoms with van der Waals surface area (Å²) in [5, 5.41) is 16.4. The monoisotopic (exact) mass is 562 g/mol. The van der Waals surface area contributed by atoms with Gasteiger partial charge in [-0.25, -0.2) is 13.2 Å². The van der Waals surface area contributed by atoms with Gasteiger partial charge in [0.2, 0.25) is 11.7 Å². The van der Waals surface area contributed by atoms with Crippen molar-refractivity contribution in [1.29, 1.82) is 0 Å². The number of halogens is 3. The number of hydrogen-bond acceptors (Lipinski definition) is 6. The van der Waals surface area contributed by atoms with Gasteiger partial charge >= 0.3 is 0 Å². The lowest BCUT2D eigenvalue weighted by Gasteiger charge is -2.30. The first-order chi connectivity index (χ1) is 19.4. The average Bonchev–Trinajstić information content (AvgIpc) is 3.64. The van der Waals surface area contributed by atoms with Crippen molar-refractivity contribution in [1.82, 2.24) is 25.5 Å². The maximum absolute atomic E-state index is 14.3. The molecule has 0 spiro atoms. The first-order valence-corrected chi connectivity index (χ1v) is 12.9. The van der Waals surface area contributed by atoms with Gasteiger partial charge in [-0.05, 0) is 64.7 Å². The van der Waals surface area contributed by atoms with Gasteiger partial charge in [0.1, 0.15) is 30.0 Å². The third-order valence-electron chi connectivity index (χ3n) is 5.90. The molecular weight excluding hydrogens is 541 g/mol. The topological polar surface area (TPSA) is 93.0 Å². The van der Waals surface area contributed by atoms with E-state index in [0.29, 0.717) is 10.4 Å². The molecular formula is C28H21F3N6O2S. The molecule has 2 heterocycles. The Balaban J connectivity index is 1.46. The number of hydrogen-bond donors (Lipinski definition) is 1. The molecule has 0 radical (unpaired) electrons. The van der Waals surface area contributed by atoms with Crippen molar-refractivity contribution in [2.24, 2.45) is 0 Å². The minimum atomic E-state index is -1.18. The molecule has 0 fully saturated rings. The molecule has 0 saturated heterocycles. The van der Waals surface area contributed by atoms with Crippen molar-refractivity contribution in [2.75, 3.05) is 4.90 Å². The van der Waals surface area contributed by atoms with Gasteiger partial charge < -0.3 is 5.32 Å². The maximum atomic E-state index is 14.3. The van der Waals surface area contributed by atoms with Crippen LogP contribution in [-0.4, -0.2) is 32.0 Å². The van der Waals surface area contributed by atoms with Gasteiger partial charge in [0.15, 0.2) is 0 Å². The molecule has 2 aromatic heterocycles. The second-order valence-electron chi connectivity index (χ2n) is 8.63. The molecule has 0 unspecified atom stereocenters. The molecule has 5 rings (SSSR count). The number of nitrogens with one attached hydrogen (secondary N) is 1. The van der Waals surface area contributed by atoms with E-state index in [2.05, 4.69) is 20.7 Å². The molecule has 0 aliphatic rings. The van der Waals surface area contributed by atoms with E-state index in [1.807, 2.05) is 0 Å². The van der Waals surface area contributed by atoms with Crippen LogP contribution in [0.4, 0.5) is 18.9 Å². The highest BCUT2D eigenvalue weighted by atomic mass is 32.1. The summed E-state index contributed by atoms with van der Waals surface area (Å²) >= 11 is 1.25. The molecule has 3 aromatic carbocycles. The molecule has 40 heavy (non-hydrogen) atoms. The van der Waals surface area contributed by atoms with Crippen molar-refractivity contribution in [2.45, 2.75) is 19.1 Å². The van der Waals surface area contributed by atoms with Crippen molar-refractivity contribution in [3.05, 3.63) is 118 Å². The van der Waals surface area contributed by atoms with E-state index in [0.717, 1.165) is 10.9 Å². The van der Waals surface area contributed by atoms with Crippen LogP contribution >= 0.6 is 11.3 Å². The van der Waals surface area contributed by atoms with Gasteiger partial charge in [0.05, 0.1) is 5.56 Å². The maximum Gasteiger partial charge on any atom is 0.251 e. The van der Waals surface area contributed by atoms with Crippen LogP contribution in [0.3, 0.4) is 0 Å². The molecule has 12 heteroatoms. The molecule has 5 aromatic rings. The summed E-state index contributed by atoms with van der Waals surface area (Å²) in [6.45, 7) is -0.395. The van der Waals surface area contributed by atoms with Crippen molar-refractivity contribution in [3.63, 3.8) is 0 Å². The third-order valence-corrected chi connectivity index (χ3v) is 6.82. The fourth-order valence-corrected chi connectivity index (χ4v) is 4.84. The van der Waals surface area contributed by atoms with Crippen molar-refractivity contribution < 1.29 is 22.8 Å². The number of tetrazole rings is 1. The lowest BCUT2D eigenvalue weighted by Crippen LogP contribution is -2.45. The molecule has 0 aliphatic carbocycles. The average molecular weight is 563 g/mol. The standard InChI is InChI=1S/C28H21F3N6O2S/c29-19-12-10-18(11-13-19)16-32-28(39)26(24-9-4-14-40-24)37(21-6-3-5-20(30)15-21)25(38)17-36-34-27(33-35-36)22-7-1-2-8-23(22)31/h1-15,26H,16-17H2,(H,32,39)/t26-/m0/s1. The summed E-state index contributed by atoms with van der Waals surface area (Å²) in [5.41, 5.74) is 0.894. The Morgan fingerprint density at radius 2 is 1.73 bits per heavy atom.